The fourth-order valence-electron chi connectivity index (χ4n) is 5.75. The minimum Gasteiger partial charge on any atom is -0.311 e. The SMILES string of the molecule is CN1NCC2CCCC(NS(=O)(=O)C3CCC(C4CNC(C5CC5)S4)NC3)C21. The summed E-state index contributed by atoms with van der Waals surface area (Å²) in [4.78, 5) is 0. The molecule has 7 unspecified atom stereocenters. The Morgan fingerprint density at radius 3 is 2.57 bits per heavy atom. The molecule has 5 rings (SSSR count). The van der Waals surface area contributed by atoms with Gasteiger partial charge in [-0.1, -0.05) is 6.42 Å². The largest absolute Gasteiger partial charge is 0.311 e. The molecule has 3 saturated heterocycles. The lowest BCUT2D eigenvalue weighted by Gasteiger charge is -2.38. The van der Waals surface area contributed by atoms with Crippen molar-refractivity contribution in [3.8, 4) is 0 Å². The molecule has 0 aromatic rings. The second-order valence-electron chi connectivity index (χ2n) is 9.48. The summed E-state index contributed by atoms with van der Waals surface area (Å²) in [7, 11) is -1.25. The summed E-state index contributed by atoms with van der Waals surface area (Å²) in [6.07, 6.45) is 7.73. The quantitative estimate of drug-likeness (QED) is 0.505. The van der Waals surface area contributed by atoms with Gasteiger partial charge in [0.25, 0.3) is 0 Å². The van der Waals surface area contributed by atoms with Gasteiger partial charge in [-0.15, -0.1) is 11.8 Å². The van der Waals surface area contributed by atoms with E-state index in [0.717, 1.165) is 44.7 Å². The molecule has 9 heteroatoms. The molecule has 0 bridgehead atoms. The lowest BCUT2D eigenvalue weighted by atomic mass is 9.82. The number of hydrogen-bond donors (Lipinski definition) is 4. The summed E-state index contributed by atoms with van der Waals surface area (Å²) in [6, 6.07) is 0.764. The molecule has 160 valence electrons. The highest BCUT2D eigenvalue weighted by Gasteiger charge is 2.44. The van der Waals surface area contributed by atoms with Crippen molar-refractivity contribution >= 4 is 21.8 Å². The van der Waals surface area contributed by atoms with Crippen molar-refractivity contribution in [3.63, 3.8) is 0 Å². The highest BCUT2D eigenvalue weighted by atomic mass is 32.2. The first-order chi connectivity index (χ1) is 13.5. The summed E-state index contributed by atoms with van der Waals surface area (Å²) >= 11 is 2.08. The Morgan fingerprint density at radius 1 is 0.964 bits per heavy atom. The number of hydrogen-bond acceptors (Lipinski definition) is 7. The monoisotopic (exact) mass is 429 g/mol. The van der Waals surface area contributed by atoms with Crippen molar-refractivity contribution < 1.29 is 8.42 Å². The molecule has 5 fully saturated rings. The zero-order chi connectivity index (χ0) is 19.3. The van der Waals surface area contributed by atoms with Gasteiger partial charge in [-0.05, 0) is 50.4 Å². The Labute approximate surface area is 173 Å². The average molecular weight is 430 g/mol. The van der Waals surface area contributed by atoms with Crippen LogP contribution in [0, 0.1) is 11.8 Å². The highest BCUT2D eigenvalue weighted by Crippen LogP contribution is 2.43. The standard InChI is InChI=1S/C19H35N5O2S2/c1-24-18-13(9-22-24)3-2-4-16(18)23-28(25,26)14-7-8-15(20-10-14)17-11-21-19(27-17)12-5-6-12/h12-23H,2-11H2,1H3. The van der Waals surface area contributed by atoms with E-state index in [4.69, 9.17) is 0 Å². The molecule has 0 radical (unpaired) electrons. The van der Waals surface area contributed by atoms with Crippen molar-refractivity contribution in [1.82, 2.24) is 25.8 Å². The summed E-state index contributed by atoms with van der Waals surface area (Å²) in [5.74, 6) is 1.44. The topological polar surface area (TPSA) is 85.5 Å². The van der Waals surface area contributed by atoms with Gasteiger partial charge in [-0.3, -0.25) is 5.43 Å². The van der Waals surface area contributed by atoms with Gasteiger partial charge in [0.05, 0.1) is 10.6 Å². The third kappa shape index (κ3) is 4.00. The number of likely N-dealkylation sites (N-methyl/N-ethyl adjacent to an activating group) is 1. The zero-order valence-electron chi connectivity index (χ0n) is 16.8. The van der Waals surface area contributed by atoms with Crippen LogP contribution in [0.25, 0.3) is 0 Å². The molecular weight excluding hydrogens is 394 g/mol. The smallest absolute Gasteiger partial charge is 0.216 e. The van der Waals surface area contributed by atoms with Crippen molar-refractivity contribution in [2.45, 2.75) is 78.9 Å². The van der Waals surface area contributed by atoms with Gasteiger partial charge in [0.15, 0.2) is 0 Å². The van der Waals surface area contributed by atoms with Gasteiger partial charge in [0, 0.05) is 50.1 Å². The van der Waals surface area contributed by atoms with Crippen LogP contribution in [0.5, 0.6) is 0 Å². The maximum absolute atomic E-state index is 13.1. The highest BCUT2D eigenvalue weighted by molar-refractivity contribution is 8.00. The molecule has 5 aliphatic rings. The van der Waals surface area contributed by atoms with E-state index in [0.29, 0.717) is 29.1 Å². The van der Waals surface area contributed by atoms with Gasteiger partial charge in [0.1, 0.15) is 0 Å². The molecule has 2 aliphatic carbocycles. The van der Waals surface area contributed by atoms with Gasteiger partial charge < -0.3 is 10.6 Å². The lowest BCUT2D eigenvalue weighted by molar-refractivity contribution is 0.151. The third-order valence-corrected chi connectivity index (χ3v) is 11.1. The molecule has 0 spiro atoms. The fraction of sp³-hybridized carbons (Fsp3) is 1.00. The van der Waals surface area contributed by atoms with Crippen LogP contribution in [-0.2, 0) is 10.0 Å². The molecule has 28 heavy (non-hydrogen) atoms. The first-order valence-corrected chi connectivity index (χ1v) is 13.6. The molecule has 0 amide bonds. The van der Waals surface area contributed by atoms with E-state index in [1.165, 1.54) is 19.3 Å². The van der Waals surface area contributed by atoms with Crippen LogP contribution >= 0.6 is 11.8 Å². The number of nitrogens with zero attached hydrogens (tertiary/aromatic N) is 1. The number of piperidine rings is 1. The number of fused-ring (bicyclic) bond motifs is 1. The molecule has 7 nitrogen and oxygen atoms in total. The molecule has 4 N–H and O–H groups in total. The number of sulfonamides is 1. The van der Waals surface area contributed by atoms with Crippen molar-refractivity contribution in [1.29, 1.82) is 0 Å². The summed E-state index contributed by atoms with van der Waals surface area (Å²) in [5, 5.41) is 10.3. The first kappa shape index (κ1) is 20.0. The Balaban J connectivity index is 1.15. The van der Waals surface area contributed by atoms with Crippen LogP contribution in [-0.4, -0.2) is 74.1 Å². The lowest BCUT2D eigenvalue weighted by Crippen LogP contribution is -2.57. The molecule has 2 saturated carbocycles. The first-order valence-electron chi connectivity index (χ1n) is 11.1. The minimum absolute atomic E-state index is 0.0374. The van der Waals surface area contributed by atoms with Crippen LogP contribution in [0.1, 0.15) is 44.9 Å². The predicted molar refractivity (Wildman–Crippen MR) is 113 cm³/mol. The third-order valence-electron chi connectivity index (χ3n) is 7.54. The molecule has 7 atom stereocenters. The number of thioether (sulfide) groups is 1. The molecular formula is C19H35N5O2S2. The molecule has 3 aliphatic heterocycles. The Morgan fingerprint density at radius 2 is 1.82 bits per heavy atom. The van der Waals surface area contributed by atoms with Crippen LogP contribution in [0.15, 0.2) is 0 Å². The van der Waals surface area contributed by atoms with Gasteiger partial charge in [0.2, 0.25) is 10.0 Å². The van der Waals surface area contributed by atoms with Gasteiger partial charge in [-0.25, -0.2) is 18.1 Å². The van der Waals surface area contributed by atoms with Crippen LogP contribution in [0.2, 0.25) is 0 Å². The average Bonchev–Trinajstić information content (AvgIpc) is 3.29. The van der Waals surface area contributed by atoms with E-state index >= 15 is 0 Å². The van der Waals surface area contributed by atoms with Gasteiger partial charge >= 0.3 is 0 Å². The maximum atomic E-state index is 13.1. The Hall–Kier alpha value is 0.1000. The van der Waals surface area contributed by atoms with Gasteiger partial charge in [-0.2, -0.15) is 0 Å². The fourth-order valence-corrected chi connectivity index (χ4v) is 9.06. The maximum Gasteiger partial charge on any atom is 0.216 e. The van der Waals surface area contributed by atoms with Crippen molar-refractivity contribution in [3.05, 3.63) is 0 Å². The number of rotatable bonds is 5. The predicted octanol–water partition coefficient (Wildman–Crippen LogP) is 0.455. The van der Waals surface area contributed by atoms with E-state index in [1.54, 1.807) is 0 Å². The number of hydrazine groups is 1. The summed E-state index contributed by atoms with van der Waals surface area (Å²) in [5.41, 5.74) is 3.39. The van der Waals surface area contributed by atoms with Crippen LogP contribution in [0.4, 0.5) is 0 Å². The zero-order valence-corrected chi connectivity index (χ0v) is 18.4. The van der Waals surface area contributed by atoms with E-state index < -0.39 is 10.0 Å². The molecule has 0 aromatic carbocycles. The molecule has 0 aromatic heterocycles. The van der Waals surface area contributed by atoms with E-state index in [-0.39, 0.29) is 17.3 Å². The van der Waals surface area contributed by atoms with Crippen molar-refractivity contribution in [2.24, 2.45) is 11.8 Å². The Kier molecular flexibility index (Phi) is 5.71. The number of nitrogens with one attached hydrogen (secondary N) is 4. The van der Waals surface area contributed by atoms with Crippen molar-refractivity contribution in [2.75, 3.05) is 26.7 Å². The van der Waals surface area contributed by atoms with Crippen LogP contribution < -0.4 is 20.8 Å². The summed E-state index contributed by atoms with van der Waals surface area (Å²) in [6.45, 7) is 2.62. The second-order valence-corrected chi connectivity index (χ2v) is 12.9. The normalized spacial score (nSPS) is 45.2. The van der Waals surface area contributed by atoms with E-state index in [9.17, 15) is 8.42 Å². The van der Waals surface area contributed by atoms with E-state index in [1.807, 2.05) is 7.05 Å². The summed E-state index contributed by atoms with van der Waals surface area (Å²) < 4.78 is 29.4. The van der Waals surface area contributed by atoms with E-state index in [2.05, 4.69) is 37.6 Å². The Bertz CT molecular complexity index is 663. The second kappa shape index (κ2) is 7.98. The molecule has 3 heterocycles. The van der Waals surface area contributed by atoms with Crippen LogP contribution in [0.3, 0.4) is 0 Å². The minimum atomic E-state index is -3.30.